The van der Waals surface area contributed by atoms with Crippen LogP contribution in [0, 0.1) is 0 Å². The van der Waals surface area contributed by atoms with Crippen LogP contribution in [0.25, 0.3) is 21.3 Å². The van der Waals surface area contributed by atoms with Crippen LogP contribution in [0.1, 0.15) is 6.42 Å². The van der Waals surface area contributed by atoms with Crippen molar-refractivity contribution in [1.29, 1.82) is 0 Å². The number of rotatable bonds is 7. The molecule has 4 aromatic rings. The van der Waals surface area contributed by atoms with Crippen molar-refractivity contribution in [1.82, 2.24) is 15.3 Å². The van der Waals surface area contributed by atoms with E-state index in [1.165, 1.54) is 16.5 Å². The predicted molar refractivity (Wildman–Crippen MR) is 128 cm³/mol. The molecule has 8 heteroatoms. The van der Waals surface area contributed by atoms with Gasteiger partial charge in [0.05, 0.1) is 25.4 Å². The Kier molecular flexibility index (Phi) is 5.45. The van der Waals surface area contributed by atoms with Gasteiger partial charge in [0.15, 0.2) is 11.5 Å². The summed E-state index contributed by atoms with van der Waals surface area (Å²) in [6.07, 6.45) is 2.26. The van der Waals surface area contributed by atoms with E-state index in [4.69, 9.17) is 15.6 Å². The summed E-state index contributed by atoms with van der Waals surface area (Å²) in [6.45, 7) is 1.25. The molecule has 0 saturated carbocycles. The van der Waals surface area contributed by atoms with Gasteiger partial charge in [-0.3, -0.25) is 0 Å². The van der Waals surface area contributed by atoms with Crippen molar-refractivity contribution in [2.45, 2.75) is 12.5 Å². The summed E-state index contributed by atoms with van der Waals surface area (Å²) in [5, 5.41) is 7.81. The quantitative estimate of drug-likeness (QED) is 0.417. The van der Waals surface area contributed by atoms with Crippen LogP contribution in [0.2, 0.25) is 1.41 Å². The van der Waals surface area contributed by atoms with Crippen molar-refractivity contribution >= 4 is 33.7 Å². The number of ether oxygens (including phenoxy) is 3. The topological polar surface area (TPSA) is 77.5 Å². The van der Waals surface area contributed by atoms with E-state index in [1.807, 2.05) is 30.3 Å². The maximum atomic E-state index is 7.81. The largest absolute Gasteiger partial charge is 0.495 e. The number of fused-ring (bicyclic) bond motifs is 1. The van der Waals surface area contributed by atoms with Crippen LogP contribution in [0.3, 0.4) is 0 Å². The molecule has 1 unspecified atom stereocenters. The molecule has 1 fully saturated rings. The molecule has 1 saturated heterocycles. The Morgan fingerprint density at radius 1 is 1.09 bits per heavy atom. The van der Waals surface area contributed by atoms with Gasteiger partial charge in [0.25, 0.3) is 0 Å². The number of hydrogen-bond donors (Lipinski definition) is 2. The monoisotopic (exact) mass is 449 g/mol. The SMILES string of the molecule is [2H]N1CCC(Oc2cc3c(Nc4cc(-c5cccs5)ccc4OC)ncnc3cc2OC)C1. The van der Waals surface area contributed by atoms with Gasteiger partial charge in [0.2, 0.25) is 0 Å². The molecule has 0 bridgehead atoms. The van der Waals surface area contributed by atoms with Crippen LogP contribution < -0.4 is 24.8 Å². The van der Waals surface area contributed by atoms with Crippen LogP contribution in [-0.2, 0) is 0 Å². The maximum Gasteiger partial charge on any atom is 0.162 e. The van der Waals surface area contributed by atoms with E-state index in [9.17, 15) is 0 Å². The van der Waals surface area contributed by atoms with Gasteiger partial charge in [-0.05, 0) is 54.2 Å². The molecule has 1 atom stereocenters. The fourth-order valence-corrected chi connectivity index (χ4v) is 4.51. The first-order valence-electron chi connectivity index (χ1n) is 10.8. The lowest BCUT2D eigenvalue weighted by atomic mass is 10.1. The Bertz CT molecular complexity index is 1270. The second-order valence-electron chi connectivity index (χ2n) is 7.42. The highest BCUT2D eigenvalue weighted by atomic mass is 32.1. The lowest BCUT2D eigenvalue weighted by Crippen LogP contribution is -2.19. The van der Waals surface area contributed by atoms with Gasteiger partial charge < -0.3 is 24.8 Å². The van der Waals surface area contributed by atoms with E-state index >= 15 is 0 Å². The minimum absolute atomic E-state index is 0.0579. The average molecular weight is 450 g/mol. The van der Waals surface area contributed by atoms with Gasteiger partial charge >= 0.3 is 0 Å². The highest BCUT2D eigenvalue weighted by Crippen LogP contribution is 2.38. The van der Waals surface area contributed by atoms with Crippen LogP contribution in [-0.4, -0.2) is 43.4 Å². The summed E-state index contributed by atoms with van der Waals surface area (Å²) in [4.78, 5) is 10.1. The summed E-state index contributed by atoms with van der Waals surface area (Å²) in [5.74, 6) is 2.58. The third-order valence-electron chi connectivity index (χ3n) is 5.41. The second kappa shape index (κ2) is 9.02. The zero-order chi connectivity index (χ0) is 22.8. The Morgan fingerprint density at radius 3 is 2.75 bits per heavy atom. The number of nitrogens with zero attached hydrogens (tertiary/aromatic N) is 2. The second-order valence-corrected chi connectivity index (χ2v) is 8.37. The molecule has 2 aromatic heterocycles. The lowest BCUT2D eigenvalue weighted by molar-refractivity contribution is 0.213. The first kappa shape index (κ1) is 19.3. The fraction of sp³-hybridized carbons (Fsp3) is 0.250. The normalized spacial score (nSPS) is 16.7. The minimum Gasteiger partial charge on any atom is -0.495 e. The molecule has 0 spiro atoms. The molecule has 5 rings (SSSR count). The number of aromatic nitrogens is 2. The van der Waals surface area contributed by atoms with Crippen molar-refractivity contribution in [2.24, 2.45) is 0 Å². The van der Waals surface area contributed by atoms with Crippen LogP contribution in [0.15, 0.2) is 54.2 Å². The van der Waals surface area contributed by atoms with Gasteiger partial charge in [0.1, 0.15) is 25.4 Å². The Morgan fingerprint density at radius 2 is 2.00 bits per heavy atom. The number of anilines is 2. The molecule has 3 heterocycles. The highest BCUT2D eigenvalue weighted by Gasteiger charge is 2.20. The summed E-state index contributed by atoms with van der Waals surface area (Å²) < 4.78 is 25.2. The molecular weight excluding hydrogens is 424 g/mol. The first-order valence-corrected chi connectivity index (χ1v) is 11.2. The van der Waals surface area contributed by atoms with Crippen LogP contribution >= 0.6 is 11.3 Å². The predicted octanol–water partition coefficient (Wildman–Crippen LogP) is 4.86. The molecule has 0 amide bonds. The number of hydrogen-bond acceptors (Lipinski definition) is 8. The smallest absolute Gasteiger partial charge is 0.162 e. The van der Waals surface area contributed by atoms with Gasteiger partial charge in [-0.1, -0.05) is 6.07 Å². The zero-order valence-corrected chi connectivity index (χ0v) is 18.7. The van der Waals surface area contributed by atoms with Crippen molar-refractivity contribution in [3.63, 3.8) is 0 Å². The Labute approximate surface area is 191 Å². The highest BCUT2D eigenvalue weighted by molar-refractivity contribution is 7.13. The maximum absolute atomic E-state index is 7.81. The van der Waals surface area contributed by atoms with Gasteiger partial charge in [-0.25, -0.2) is 9.97 Å². The van der Waals surface area contributed by atoms with Gasteiger partial charge in [-0.15, -0.1) is 11.3 Å². The van der Waals surface area contributed by atoms with E-state index in [-0.39, 0.29) is 6.10 Å². The molecule has 2 aromatic carbocycles. The van der Waals surface area contributed by atoms with E-state index in [0.717, 1.165) is 28.6 Å². The van der Waals surface area contributed by atoms with E-state index in [0.29, 0.717) is 36.2 Å². The van der Waals surface area contributed by atoms with Crippen molar-refractivity contribution in [3.8, 4) is 27.7 Å². The molecular formula is C24H24N4O3S. The zero-order valence-electron chi connectivity index (χ0n) is 18.9. The van der Waals surface area contributed by atoms with Crippen molar-refractivity contribution in [2.75, 3.05) is 32.6 Å². The minimum atomic E-state index is -0.0579. The summed E-state index contributed by atoms with van der Waals surface area (Å²) in [5.41, 5.74) is 2.64. The van der Waals surface area contributed by atoms with Crippen LogP contribution in [0.4, 0.5) is 11.5 Å². The third-order valence-corrected chi connectivity index (χ3v) is 6.33. The number of methoxy groups -OCH3 is 2. The molecule has 164 valence electrons. The molecule has 32 heavy (non-hydrogen) atoms. The summed E-state index contributed by atoms with van der Waals surface area (Å²) in [7, 11) is 3.26. The van der Waals surface area contributed by atoms with Crippen LogP contribution in [0.5, 0.6) is 17.2 Å². The van der Waals surface area contributed by atoms with E-state index in [2.05, 4.69) is 32.8 Å². The molecule has 2 N–H and O–H groups in total. The molecule has 1 aliphatic heterocycles. The lowest BCUT2D eigenvalue weighted by Gasteiger charge is -2.17. The molecule has 7 nitrogen and oxygen atoms in total. The summed E-state index contributed by atoms with van der Waals surface area (Å²) >= 11 is 1.69. The number of benzene rings is 2. The first-order chi connectivity index (χ1) is 16.1. The van der Waals surface area contributed by atoms with Crippen molar-refractivity contribution < 1.29 is 15.6 Å². The van der Waals surface area contributed by atoms with E-state index < -0.39 is 0 Å². The van der Waals surface area contributed by atoms with Gasteiger partial charge in [-0.2, -0.15) is 0 Å². The Hall–Kier alpha value is -3.36. The average Bonchev–Trinajstić information content (AvgIpc) is 3.51. The number of nitrogens with one attached hydrogen (secondary N) is 2. The van der Waals surface area contributed by atoms with Gasteiger partial charge in [0, 0.05) is 22.9 Å². The fourth-order valence-electron chi connectivity index (χ4n) is 3.78. The standard InChI is InChI=1S/C24H24N4O3S/c1-29-20-6-5-15(23-4-3-9-32-23)10-19(20)28-24-17-11-22(31-16-7-8-25-13-16)21(30-2)12-18(17)26-14-27-24/h3-6,9-12,14,16,25H,7-8,13H2,1-2H3,(H,26,27,28)/i/hD. The summed E-state index contributed by atoms with van der Waals surface area (Å²) in [6, 6.07) is 13.9. The molecule has 0 aliphatic carbocycles. The molecule has 1 aliphatic rings. The third kappa shape index (κ3) is 4.06. The van der Waals surface area contributed by atoms with E-state index in [1.54, 1.807) is 25.6 Å². The van der Waals surface area contributed by atoms with Crippen molar-refractivity contribution in [3.05, 3.63) is 54.2 Å². The molecule has 0 radical (unpaired) electrons. The Balaban J connectivity index is 1.53. The number of thiophene rings is 1.